The second kappa shape index (κ2) is 9.21. The van der Waals surface area contributed by atoms with E-state index in [0.29, 0.717) is 37.7 Å². The molecule has 1 aliphatic heterocycles. The van der Waals surface area contributed by atoms with E-state index in [2.05, 4.69) is 10.6 Å². The average molecular weight is 386 g/mol. The smallest absolute Gasteiger partial charge is 0.315 e. The molecule has 7 nitrogen and oxygen atoms in total. The molecule has 7 heteroatoms. The van der Waals surface area contributed by atoms with Crippen LogP contribution in [0.4, 0.5) is 4.79 Å². The molecule has 2 aromatic rings. The van der Waals surface area contributed by atoms with Crippen molar-refractivity contribution in [3.8, 4) is 23.0 Å². The Bertz CT molecular complexity index is 824. The van der Waals surface area contributed by atoms with Crippen molar-refractivity contribution in [1.82, 2.24) is 10.6 Å². The highest BCUT2D eigenvalue weighted by Crippen LogP contribution is 2.29. The minimum atomic E-state index is -0.243. The largest absolute Gasteiger partial charge is 0.497 e. The fraction of sp³-hybridized carbons (Fsp3) is 0.381. The quantitative estimate of drug-likeness (QED) is 0.765. The van der Waals surface area contributed by atoms with E-state index in [9.17, 15) is 4.79 Å². The zero-order chi connectivity index (χ0) is 19.9. The highest BCUT2D eigenvalue weighted by Gasteiger charge is 2.22. The van der Waals surface area contributed by atoms with Crippen LogP contribution in [0.2, 0.25) is 0 Å². The third-order valence-corrected chi connectivity index (χ3v) is 4.49. The maximum atomic E-state index is 12.3. The maximum absolute atomic E-state index is 12.3. The van der Waals surface area contributed by atoms with E-state index >= 15 is 0 Å². The summed E-state index contributed by atoms with van der Waals surface area (Å²) in [6.07, 6.45) is 0.691. The van der Waals surface area contributed by atoms with Gasteiger partial charge in [0, 0.05) is 6.54 Å². The van der Waals surface area contributed by atoms with E-state index in [4.69, 9.17) is 18.9 Å². The fourth-order valence-corrected chi connectivity index (χ4v) is 3.11. The van der Waals surface area contributed by atoms with Crippen molar-refractivity contribution in [3.05, 3.63) is 47.5 Å². The van der Waals surface area contributed by atoms with Crippen LogP contribution in [-0.2, 0) is 13.0 Å². The van der Waals surface area contributed by atoms with Crippen LogP contribution in [0, 0.1) is 0 Å². The minimum Gasteiger partial charge on any atom is -0.497 e. The standard InChI is InChI=1S/C21H26N2O5/c1-4-27-19-7-5-14(9-20(19)26-3)12-22-21(24)23-16-10-15-11-17(25-2)6-8-18(15)28-13-16/h5-9,11,16H,4,10,12-13H2,1-3H3,(H2,22,23,24). The summed E-state index contributed by atoms with van der Waals surface area (Å²) < 4.78 is 21.8. The molecule has 1 aliphatic rings. The molecule has 0 aliphatic carbocycles. The summed E-state index contributed by atoms with van der Waals surface area (Å²) in [5, 5.41) is 5.82. The number of ether oxygens (including phenoxy) is 4. The van der Waals surface area contributed by atoms with Gasteiger partial charge < -0.3 is 29.6 Å². The molecule has 3 rings (SSSR count). The highest BCUT2D eigenvalue weighted by molar-refractivity contribution is 5.74. The molecule has 0 fully saturated rings. The third kappa shape index (κ3) is 4.79. The minimum absolute atomic E-state index is 0.102. The molecule has 2 amide bonds. The first-order chi connectivity index (χ1) is 13.6. The molecule has 2 N–H and O–H groups in total. The molecule has 1 heterocycles. The molecule has 0 saturated heterocycles. The maximum Gasteiger partial charge on any atom is 0.315 e. The summed E-state index contributed by atoms with van der Waals surface area (Å²) in [4.78, 5) is 12.3. The normalized spacial score (nSPS) is 15.0. The molecule has 0 aromatic heterocycles. The zero-order valence-corrected chi connectivity index (χ0v) is 16.4. The lowest BCUT2D eigenvalue weighted by atomic mass is 10.0. The lowest BCUT2D eigenvalue weighted by Crippen LogP contribution is -2.47. The summed E-state index contributed by atoms with van der Waals surface area (Å²) >= 11 is 0. The number of carbonyl (C=O) groups excluding carboxylic acids is 1. The summed E-state index contributed by atoms with van der Waals surface area (Å²) in [6, 6.07) is 11.0. The Morgan fingerprint density at radius 2 is 2.00 bits per heavy atom. The summed E-state index contributed by atoms with van der Waals surface area (Å²) in [6.45, 7) is 3.30. The first-order valence-corrected chi connectivity index (χ1v) is 9.26. The van der Waals surface area contributed by atoms with E-state index in [1.807, 2.05) is 43.3 Å². The number of carbonyl (C=O) groups is 1. The Morgan fingerprint density at radius 1 is 1.14 bits per heavy atom. The van der Waals surface area contributed by atoms with Crippen LogP contribution >= 0.6 is 0 Å². The molecule has 150 valence electrons. The number of hydrogen-bond acceptors (Lipinski definition) is 5. The molecule has 0 bridgehead atoms. The van der Waals surface area contributed by atoms with E-state index in [0.717, 1.165) is 22.6 Å². The Hall–Kier alpha value is -3.09. The van der Waals surface area contributed by atoms with Crippen molar-refractivity contribution in [2.75, 3.05) is 27.4 Å². The molecule has 0 radical (unpaired) electrons. The van der Waals surface area contributed by atoms with Gasteiger partial charge in [0.15, 0.2) is 11.5 Å². The third-order valence-electron chi connectivity index (χ3n) is 4.49. The number of methoxy groups -OCH3 is 2. The van der Waals surface area contributed by atoms with Crippen LogP contribution in [0.5, 0.6) is 23.0 Å². The van der Waals surface area contributed by atoms with Crippen LogP contribution in [0.25, 0.3) is 0 Å². The van der Waals surface area contributed by atoms with Crippen LogP contribution in [0.3, 0.4) is 0 Å². The first-order valence-electron chi connectivity index (χ1n) is 9.26. The summed E-state index contributed by atoms with van der Waals surface area (Å²) in [5.74, 6) is 2.94. The number of fused-ring (bicyclic) bond motifs is 1. The average Bonchev–Trinajstić information content (AvgIpc) is 2.72. The predicted molar refractivity (Wildman–Crippen MR) is 106 cm³/mol. The van der Waals surface area contributed by atoms with E-state index in [1.165, 1.54) is 0 Å². The summed E-state index contributed by atoms with van der Waals surface area (Å²) in [5.41, 5.74) is 1.94. The topological polar surface area (TPSA) is 78.1 Å². The second-order valence-electron chi connectivity index (χ2n) is 6.43. The molecular formula is C21H26N2O5. The molecule has 1 unspecified atom stereocenters. The van der Waals surface area contributed by atoms with Gasteiger partial charge in [-0.3, -0.25) is 0 Å². The van der Waals surface area contributed by atoms with Crippen molar-refractivity contribution in [1.29, 1.82) is 0 Å². The van der Waals surface area contributed by atoms with Crippen LogP contribution in [0.15, 0.2) is 36.4 Å². The van der Waals surface area contributed by atoms with Gasteiger partial charge in [-0.1, -0.05) is 6.07 Å². The molecule has 2 aromatic carbocycles. The number of benzene rings is 2. The second-order valence-corrected chi connectivity index (χ2v) is 6.43. The fourth-order valence-electron chi connectivity index (χ4n) is 3.11. The number of nitrogens with one attached hydrogen (secondary N) is 2. The van der Waals surface area contributed by atoms with Gasteiger partial charge in [-0.15, -0.1) is 0 Å². The number of urea groups is 1. The molecule has 1 atom stereocenters. The highest BCUT2D eigenvalue weighted by atomic mass is 16.5. The number of amides is 2. The van der Waals surface area contributed by atoms with Gasteiger partial charge in [-0.2, -0.15) is 0 Å². The Balaban J connectivity index is 1.53. The Morgan fingerprint density at radius 3 is 2.75 bits per heavy atom. The molecule has 0 spiro atoms. The lowest BCUT2D eigenvalue weighted by molar-refractivity contribution is 0.214. The van der Waals surface area contributed by atoms with E-state index < -0.39 is 0 Å². The number of hydrogen-bond donors (Lipinski definition) is 2. The summed E-state index contributed by atoms with van der Waals surface area (Å²) in [7, 11) is 3.22. The van der Waals surface area contributed by atoms with Gasteiger partial charge >= 0.3 is 6.03 Å². The molecule has 0 saturated carbocycles. The van der Waals surface area contributed by atoms with Crippen molar-refractivity contribution in [3.63, 3.8) is 0 Å². The van der Waals surface area contributed by atoms with Gasteiger partial charge in [0.25, 0.3) is 0 Å². The molecule has 28 heavy (non-hydrogen) atoms. The van der Waals surface area contributed by atoms with Gasteiger partial charge in [-0.05, 0) is 54.8 Å². The van der Waals surface area contributed by atoms with Gasteiger partial charge in [-0.25, -0.2) is 4.79 Å². The van der Waals surface area contributed by atoms with Gasteiger partial charge in [0.1, 0.15) is 18.1 Å². The van der Waals surface area contributed by atoms with Gasteiger partial charge in [0.2, 0.25) is 0 Å². The van der Waals surface area contributed by atoms with E-state index in [-0.39, 0.29) is 12.1 Å². The Kier molecular flexibility index (Phi) is 6.47. The van der Waals surface area contributed by atoms with Crippen LogP contribution in [0.1, 0.15) is 18.1 Å². The van der Waals surface area contributed by atoms with Crippen LogP contribution in [-0.4, -0.2) is 39.5 Å². The molecular weight excluding hydrogens is 360 g/mol. The van der Waals surface area contributed by atoms with Crippen molar-refractivity contribution in [2.24, 2.45) is 0 Å². The van der Waals surface area contributed by atoms with Crippen LogP contribution < -0.4 is 29.6 Å². The predicted octanol–water partition coefficient (Wildman–Crippen LogP) is 2.91. The first kappa shape index (κ1) is 19.7. The van der Waals surface area contributed by atoms with Crippen molar-refractivity contribution >= 4 is 6.03 Å². The van der Waals surface area contributed by atoms with E-state index in [1.54, 1.807) is 14.2 Å². The zero-order valence-electron chi connectivity index (χ0n) is 16.4. The monoisotopic (exact) mass is 386 g/mol. The Labute approximate surface area is 164 Å². The SMILES string of the molecule is CCOc1ccc(CNC(=O)NC2COc3ccc(OC)cc3C2)cc1OC. The van der Waals surface area contributed by atoms with Crippen molar-refractivity contribution in [2.45, 2.75) is 25.9 Å². The lowest BCUT2D eigenvalue weighted by Gasteiger charge is -2.26. The van der Waals surface area contributed by atoms with Crippen molar-refractivity contribution < 1.29 is 23.7 Å². The van der Waals surface area contributed by atoms with Gasteiger partial charge in [0.05, 0.1) is 26.9 Å². The number of rotatable bonds is 7.